The molecule has 0 atom stereocenters. The zero-order valence-corrected chi connectivity index (χ0v) is 15.5. The highest BCUT2D eigenvalue weighted by Gasteiger charge is 2.31. The maximum Gasteiger partial charge on any atom is 0.417 e. The number of halogens is 3. The molecule has 1 aromatic heterocycles. The fraction of sp³-hybridized carbons (Fsp3) is 0.350. The molecule has 9 heteroatoms. The van der Waals surface area contributed by atoms with Gasteiger partial charge in [0.05, 0.1) is 12.1 Å². The van der Waals surface area contributed by atoms with Crippen LogP contribution in [0.4, 0.5) is 13.2 Å². The average molecular weight is 407 g/mol. The minimum atomic E-state index is -4.44. The zero-order chi connectivity index (χ0) is 20.9. The van der Waals surface area contributed by atoms with E-state index in [0.29, 0.717) is 31.5 Å². The number of rotatable bonds is 5. The van der Waals surface area contributed by atoms with Gasteiger partial charge in [0, 0.05) is 43.8 Å². The SMILES string of the molecule is O=C(NCC(=O)N1CCC(Oc2ccc(C(F)(F)F)cn2)CC1)c1ccccc1. The second kappa shape index (κ2) is 8.93. The Hall–Kier alpha value is -3.10. The first-order valence-electron chi connectivity index (χ1n) is 9.14. The number of ether oxygens (including phenoxy) is 1. The van der Waals surface area contributed by atoms with E-state index in [-0.39, 0.29) is 30.3 Å². The van der Waals surface area contributed by atoms with Crippen LogP contribution in [0, 0.1) is 0 Å². The number of hydrogen-bond donors (Lipinski definition) is 1. The van der Waals surface area contributed by atoms with Crippen LogP contribution in [0.25, 0.3) is 0 Å². The van der Waals surface area contributed by atoms with Gasteiger partial charge in [0.2, 0.25) is 11.8 Å². The number of piperidine rings is 1. The van der Waals surface area contributed by atoms with Gasteiger partial charge in [0.1, 0.15) is 6.10 Å². The molecule has 1 aromatic carbocycles. The van der Waals surface area contributed by atoms with Crippen molar-refractivity contribution in [3.8, 4) is 5.88 Å². The lowest BCUT2D eigenvalue weighted by molar-refractivity contribution is -0.137. The molecule has 2 amide bonds. The molecule has 1 aliphatic rings. The summed E-state index contributed by atoms with van der Waals surface area (Å²) in [4.78, 5) is 29.6. The van der Waals surface area contributed by atoms with E-state index in [2.05, 4.69) is 10.3 Å². The van der Waals surface area contributed by atoms with Gasteiger partial charge >= 0.3 is 6.18 Å². The Bertz CT molecular complexity index is 834. The first-order valence-corrected chi connectivity index (χ1v) is 9.14. The highest BCUT2D eigenvalue weighted by Crippen LogP contribution is 2.29. The van der Waals surface area contributed by atoms with Gasteiger partial charge in [0.15, 0.2) is 0 Å². The molecule has 0 radical (unpaired) electrons. The number of hydrogen-bond acceptors (Lipinski definition) is 4. The van der Waals surface area contributed by atoms with Crippen LogP contribution in [0.2, 0.25) is 0 Å². The maximum atomic E-state index is 12.6. The summed E-state index contributed by atoms with van der Waals surface area (Å²) in [5, 5.41) is 2.60. The highest BCUT2D eigenvalue weighted by atomic mass is 19.4. The molecule has 0 saturated carbocycles. The summed E-state index contributed by atoms with van der Waals surface area (Å²) in [6.07, 6.45) is -2.87. The van der Waals surface area contributed by atoms with Gasteiger partial charge < -0.3 is 15.0 Å². The molecule has 1 saturated heterocycles. The number of alkyl halides is 3. The molecule has 1 N–H and O–H groups in total. The van der Waals surface area contributed by atoms with Crippen molar-refractivity contribution in [2.24, 2.45) is 0 Å². The van der Waals surface area contributed by atoms with Crippen molar-refractivity contribution in [3.05, 3.63) is 59.8 Å². The molecule has 154 valence electrons. The van der Waals surface area contributed by atoms with E-state index in [9.17, 15) is 22.8 Å². The Morgan fingerprint density at radius 3 is 2.38 bits per heavy atom. The van der Waals surface area contributed by atoms with Gasteiger partial charge in [-0.05, 0) is 18.2 Å². The van der Waals surface area contributed by atoms with Crippen LogP contribution in [0.3, 0.4) is 0 Å². The third-order valence-corrected chi connectivity index (χ3v) is 4.58. The molecule has 1 aliphatic heterocycles. The van der Waals surface area contributed by atoms with Crippen LogP contribution in [0.5, 0.6) is 5.88 Å². The van der Waals surface area contributed by atoms with Crippen LogP contribution in [0.15, 0.2) is 48.7 Å². The molecule has 3 rings (SSSR count). The van der Waals surface area contributed by atoms with E-state index in [4.69, 9.17) is 4.74 Å². The number of carbonyl (C=O) groups is 2. The lowest BCUT2D eigenvalue weighted by atomic mass is 10.1. The number of amides is 2. The van der Waals surface area contributed by atoms with Gasteiger partial charge in [-0.15, -0.1) is 0 Å². The number of nitrogens with one attached hydrogen (secondary N) is 1. The van der Waals surface area contributed by atoms with Crippen molar-refractivity contribution >= 4 is 11.8 Å². The van der Waals surface area contributed by atoms with E-state index >= 15 is 0 Å². The second-order valence-corrected chi connectivity index (χ2v) is 6.63. The Morgan fingerprint density at radius 1 is 1.10 bits per heavy atom. The van der Waals surface area contributed by atoms with Crippen molar-refractivity contribution in [3.63, 3.8) is 0 Å². The number of likely N-dealkylation sites (tertiary alicyclic amines) is 1. The molecule has 29 heavy (non-hydrogen) atoms. The molecule has 2 heterocycles. The minimum Gasteiger partial charge on any atom is -0.474 e. The summed E-state index contributed by atoms with van der Waals surface area (Å²) in [5.41, 5.74) is -0.348. The molecule has 2 aromatic rings. The number of carbonyl (C=O) groups excluding carboxylic acids is 2. The van der Waals surface area contributed by atoms with Crippen molar-refractivity contribution in [1.82, 2.24) is 15.2 Å². The number of benzene rings is 1. The van der Waals surface area contributed by atoms with Crippen molar-refractivity contribution in [2.75, 3.05) is 19.6 Å². The largest absolute Gasteiger partial charge is 0.474 e. The molecular formula is C20H20F3N3O3. The first kappa shape index (κ1) is 20.6. The standard InChI is InChI=1S/C20H20F3N3O3/c21-20(22,23)15-6-7-17(24-12-15)29-16-8-10-26(11-9-16)18(27)13-25-19(28)14-4-2-1-3-5-14/h1-7,12,16H,8-11,13H2,(H,25,28). The average Bonchev–Trinajstić information content (AvgIpc) is 2.72. The fourth-order valence-corrected chi connectivity index (χ4v) is 2.97. The summed E-state index contributed by atoms with van der Waals surface area (Å²) in [5.74, 6) is -0.385. The molecular weight excluding hydrogens is 387 g/mol. The first-order chi connectivity index (χ1) is 13.8. The lowest BCUT2D eigenvalue weighted by Gasteiger charge is -2.32. The second-order valence-electron chi connectivity index (χ2n) is 6.63. The van der Waals surface area contributed by atoms with Crippen LogP contribution in [-0.2, 0) is 11.0 Å². The zero-order valence-electron chi connectivity index (χ0n) is 15.5. The van der Waals surface area contributed by atoms with Gasteiger partial charge in [-0.1, -0.05) is 18.2 Å². The monoisotopic (exact) mass is 407 g/mol. The lowest BCUT2D eigenvalue weighted by Crippen LogP contribution is -2.46. The number of nitrogens with zero attached hydrogens (tertiary/aromatic N) is 2. The molecule has 1 fully saturated rings. The number of aromatic nitrogens is 1. The van der Waals surface area contributed by atoms with Crippen LogP contribution in [-0.4, -0.2) is 47.4 Å². The predicted molar refractivity (Wildman–Crippen MR) is 98.2 cm³/mol. The van der Waals surface area contributed by atoms with E-state index in [1.54, 1.807) is 35.2 Å². The van der Waals surface area contributed by atoms with Crippen LogP contribution < -0.4 is 10.1 Å². The quantitative estimate of drug-likeness (QED) is 0.828. The maximum absolute atomic E-state index is 12.6. The molecule has 6 nitrogen and oxygen atoms in total. The van der Waals surface area contributed by atoms with Crippen LogP contribution >= 0.6 is 0 Å². The fourth-order valence-electron chi connectivity index (χ4n) is 2.97. The predicted octanol–water partition coefficient (Wildman–Crippen LogP) is 2.90. The summed E-state index contributed by atoms with van der Waals surface area (Å²) in [7, 11) is 0. The summed E-state index contributed by atoms with van der Waals surface area (Å²) in [6.45, 7) is 0.774. The Morgan fingerprint density at radius 2 is 1.79 bits per heavy atom. The van der Waals surface area contributed by atoms with Crippen molar-refractivity contribution in [2.45, 2.75) is 25.1 Å². The van der Waals surface area contributed by atoms with E-state index in [0.717, 1.165) is 12.3 Å². The molecule has 0 spiro atoms. The Balaban J connectivity index is 1.43. The smallest absolute Gasteiger partial charge is 0.417 e. The third kappa shape index (κ3) is 5.69. The van der Waals surface area contributed by atoms with Gasteiger partial charge in [0.25, 0.3) is 5.91 Å². The third-order valence-electron chi connectivity index (χ3n) is 4.58. The number of pyridine rings is 1. The van der Waals surface area contributed by atoms with Crippen molar-refractivity contribution in [1.29, 1.82) is 0 Å². The van der Waals surface area contributed by atoms with Crippen molar-refractivity contribution < 1.29 is 27.5 Å². The van der Waals surface area contributed by atoms with E-state index < -0.39 is 11.7 Å². The normalized spacial score (nSPS) is 15.1. The summed E-state index contributed by atoms with van der Waals surface area (Å²) < 4.78 is 43.3. The minimum absolute atomic E-state index is 0.0975. The topological polar surface area (TPSA) is 71.5 Å². The molecule has 0 unspecified atom stereocenters. The van der Waals surface area contributed by atoms with Crippen LogP contribution in [0.1, 0.15) is 28.8 Å². The Labute approximate surface area is 165 Å². The van der Waals surface area contributed by atoms with Gasteiger partial charge in [-0.3, -0.25) is 9.59 Å². The highest BCUT2D eigenvalue weighted by molar-refractivity contribution is 5.96. The van der Waals surface area contributed by atoms with Gasteiger partial charge in [-0.2, -0.15) is 13.2 Å². The molecule has 0 aliphatic carbocycles. The summed E-state index contributed by atoms with van der Waals surface area (Å²) in [6, 6.07) is 10.7. The van der Waals surface area contributed by atoms with E-state index in [1.807, 2.05) is 0 Å². The Kier molecular flexibility index (Phi) is 6.36. The van der Waals surface area contributed by atoms with E-state index in [1.165, 1.54) is 6.07 Å². The summed E-state index contributed by atoms with van der Waals surface area (Å²) >= 11 is 0. The van der Waals surface area contributed by atoms with Gasteiger partial charge in [-0.25, -0.2) is 4.98 Å². The molecule has 0 bridgehead atoms.